The third-order valence-corrected chi connectivity index (χ3v) is 4.01. The number of rotatable bonds is 4. The first-order valence-electron chi connectivity index (χ1n) is 6.09. The van der Waals surface area contributed by atoms with Gasteiger partial charge >= 0.3 is 0 Å². The van der Waals surface area contributed by atoms with Crippen molar-refractivity contribution in [3.8, 4) is 5.75 Å². The van der Waals surface area contributed by atoms with Crippen LogP contribution >= 0.6 is 11.3 Å². The number of benzene rings is 1. The summed E-state index contributed by atoms with van der Waals surface area (Å²) >= 11 is 1.49. The number of carbonyl (C=O) groups excluding carboxylic acids is 1. The van der Waals surface area contributed by atoms with Crippen molar-refractivity contribution >= 4 is 17.1 Å². The van der Waals surface area contributed by atoms with E-state index in [1.165, 1.54) is 11.3 Å². The van der Waals surface area contributed by atoms with E-state index < -0.39 is 0 Å². The number of hydrogen-bond donors (Lipinski definition) is 0. The summed E-state index contributed by atoms with van der Waals surface area (Å²) in [5.41, 5.74) is 1.75. The van der Waals surface area contributed by atoms with Crippen LogP contribution in [0.15, 0.2) is 35.7 Å². The average molecular weight is 258 g/mol. The average Bonchev–Trinajstić information content (AvgIpc) is 3.08. The van der Waals surface area contributed by atoms with Crippen LogP contribution in [0.25, 0.3) is 0 Å². The SMILES string of the molecule is Cc1ccsc1C(=O)c1cccc(OC2CC2)c1. The van der Waals surface area contributed by atoms with E-state index in [1.807, 2.05) is 42.6 Å². The Morgan fingerprint density at radius 3 is 2.83 bits per heavy atom. The summed E-state index contributed by atoms with van der Waals surface area (Å²) in [7, 11) is 0. The van der Waals surface area contributed by atoms with E-state index in [2.05, 4.69) is 0 Å². The molecule has 3 rings (SSSR count). The van der Waals surface area contributed by atoms with Crippen LogP contribution in [0.3, 0.4) is 0 Å². The molecule has 0 bridgehead atoms. The molecule has 0 spiro atoms. The summed E-state index contributed by atoms with van der Waals surface area (Å²) < 4.78 is 5.71. The standard InChI is InChI=1S/C15H14O2S/c1-10-7-8-18-15(10)14(16)11-3-2-4-13(9-11)17-12-5-6-12/h2-4,7-9,12H,5-6H2,1H3. The Morgan fingerprint density at radius 2 is 2.17 bits per heavy atom. The van der Waals surface area contributed by atoms with Gasteiger partial charge in [-0.2, -0.15) is 0 Å². The lowest BCUT2D eigenvalue weighted by Gasteiger charge is -2.06. The fraction of sp³-hybridized carbons (Fsp3) is 0.267. The van der Waals surface area contributed by atoms with Gasteiger partial charge in [0.1, 0.15) is 5.75 Å². The number of aryl methyl sites for hydroxylation is 1. The molecule has 0 atom stereocenters. The molecule has 1 aromatic heterocycles. The van der Waals surface area contributed by atoms with Crippen molar-refractivity contribution in [2.45, 2.75) is 25.9 Å². The van der Waals surface area contributed by atoms with E-state index in [0.29, 0.717) is 11.7 Å². The molecular formula is C15H14O2S. The molecule has 2 aromatic rings. The minimum atomic E-state index is 0.0868. The smallest absolute Gasteiger partial charge is 0.203 e. The van der Waals surface area contributed by atoms with E-state index in [1.54, 1.807) is 0 Å². The predicted molar refractivity (Wildman–Crippen MR) is 72.6 cm³/mol. The number of thiophene rings is 1. The molecule has 0 unspecified atom stereocenters. The fourth-order valence-electron chi connectivity index (χ4n) is 1.83. The van der Waals surface area contributed by atoms with E-state index in [-0.39, 0.29) is 5.78 Å². The summed E-state index contributed by atoms with van der Waals surface area (Å²) in [6, 6.07) is 9.47. The maximum Gasteiger partial charge on any atom is 0.203 e. The van der Waals surface area contributed by atoms with Gasteiger partial charge in [-0.25, -0.2) is 0 Å². The van der Waals surface area contributed by atoms with Gasteiger partial charge in [-0.3, -0.25) is 4.79 Å². The molecule has 1 fully saturated rings. The first-order chi connectivity index (χ1) is 8.74. The van der Waals surface area contributed by atoms with Gasteiger partial charge in [0, 0.05) is 5.56 Å². The molecule has 0 aliphatic heterocycles. The predicted octanol–water partition coefficient (Wildman–Crippen LogP) is 3.83. The summed E-state index contributed by atoms with van der Waals surface area (Å²) in [6.07, 6.45) is 2.61. The van der Waals surface area contributed by atoms with Crippen LogP contribution in [0, 0.1) is 6.92 Å². The fourth-order valence-corrected chi connectivity index (χ4v) is 2.71. The number of ketones is 1. The molecule has 1 saturated carbocycles. The molecule has 0 radical (unpaired) electrons. The second-order valence-electron chi connectivity index (χ2n) is 4.61. The van der Waals surface area contributed by atoms with E-state index in [9.17, 15) is 4.79 Å². The number of carbonyl (C=O) groups is 1. The van der Waals surface area contributed by atoms with Crippen molar-refractivity contribution < 1.29 is 9.53 Å². The molecule has 0 amide bonds. The Labute approximate surface area is 110 Å². The van der Waals surface area contributed by atoms with Gasteiger partial charge < -0.3 is 4.74 Å². The van der Waals surface area contributed by atoms with Gasteiger partial charge in [0.05, 0.1) is 11.0 Å². The summed E-state index contributed by atoms with van der Waals surface area (Å²) in [5, 5.41) is 1.95. The summed E-state index contributed by atoms with van der Waals surface area (Å²) in [6.45, 7) is 1.97. The highest BCUT2D eigenvalue weighted by molar-refractivity contribution is 7.12. The van der Waals surface area contributed by atoms with Crippen molar-refractivity contribution in [3.05, 3.63) is 51.7 Å². The molecule has 0 saturated heterocycles. The van der Waals surface area contributed by atoms with Crippen molar-refractivity contribution in [2.75, 3.05) is 0 Å². The number of hydrogen-bond acceptors (Lipinski definition) is 3. The molecule has 2 nitrogen and oxygen atoms in total. The normalized spacial score (nSPS) is 14.5. The van der Waals surface area contributed by atoms with Gasteiger partial charge in [0.25, 0.3) is 0 Å². The third-order valence-electron chi connectivity index (χ3n) is 2.99. The second kappa shape index (κ2) is 4.58. The highest BCUT2D eigenvalue weighted by atomic mass is 32.1. The highest BCUT2D eigenvalue weighted by Gasteiger charge is 2.23. The summed E-state index contributed by atoms with van der Waals surface area (Å²) in [4.78, 5) is 13.2. The molecule has 0 N–H and O–H groups in total. The zero-order valence-corrected chi connectivity index (χ0v) is 11.0. The van der Waals surface area contributed by atoms with Gasteiger partial charge in [-0.15, -0.1) is 11.3 Å². The van der Waals surface area contributed by atoms with E-state index in [4.69, 9.17) is 4.74 Å². The Balaban J connectivity index is 1.87. The van der Waals surface area contributed by atoms with Crippen LogP contribution in [0.2, 0.25) is 0 Å². The van der Waals surface area contributed by atoms with Gasteiger partial charge in [0.15, 0.2) is 0 Å². The van der Waals surface area contributed by atoms with Crippen LogP contribution in [-0.4, -0.2) is 11.9 Å². The van der Waals surface area contributed by atoms with Crippen LogP contribution in [0.1, 0.15) is 33.6 Å². The van der Waals surface area contributed by atoms with Crippen LogP contribution < -0.4 is 4.74 Å². The van der Waals surface area contributed by atoms with Gasteiger partial charge in [0.2, 0.25) is 5.78 Å². The molecule has 92 valence electrons. The zero-order chi connectivity index (χ0) is 12.5. The lowest BCUT2D eigenvalue weighted by molar-refractivity contribution is 0.104. The van der Waals surface area contributed by atoms with Crippen molar-refractivity contribution in [2.24, 2.45) is 0 Å². The Morgan fingerprint density at radius 1 is 1.33 bits per heavy atom. The molecule has 3 heteroatoms. The molecule has 1 aliphatic carbocycles. The molecule has 18 heavy (non-hydrogen) atoms. The first-order valence-corrected chi connectivity index (χ1v) is 6.97. The zero-order valence-electron chi connectivity index (χ0n) is 10.2. The molecule has 1 heterocycles. The van der Waals surface area contributed by atoms with Gasteiger partial charge in [-0.05, 0) is 48.9 Å². The Kier molecular flexibility index (Phi) is 2.92. The van der Waals surface area contributed by atoms with Crippen molar-refractivity contribution in [1.82, 2.24) is 0 Å². The lowest BCUT2D eigenvalue weighted by atomic mass is 10.1. The first kappa shape index (κ1) is 11.5. The lowest BCUT2D eigenvalue weighted by Crippen LogP contribution is -2.02. The minimum absolute atomic E-state index is 0.0868. The molecular weight excluding hydrogens is 244 g/mol. The monoisotopic (exact) mass is 258 g/mol. The molecule has 1 aliphatic rings. The second-order valence-corrected chi connectivity index (χ2v) is 5.52. The largest absolute Gasteiger partial charge is 0.490 e. The van der Waals surface area contributed by atoms with Gasteiger partial charge in [-0.1, -0.05) is 12.1 Å². The highest BCUT2D eigenvalue weighted by Crippen LogP contribution is 2.28. The van der Waals surface area contributed by atoms with Crippen LogP contribution in [0.5, 0.6) is 5.75 Å². The number of ether oxygens (including phenoxy) is 1. The van der Waals surface area contributed by atoms with E-state index >= 15 is 0 Å². The maximum atomic E-state index is 12.3. The van der Waals surface area contributed by atoms with Crippen molar-refractivity contribution in [3.63, 3.8) is 0 Å². The summed E-state index contributed by atoms with van der Waals surface area (Å²) in [5.74, 6) is 0.890. The quantitative estimate of drug-likeness (QED) is 0.779. The van der Waals surface area contributed by atoms with Crippen molar-refractivity contribution in [1.29, 1.82) is 0 Å². The topological polar surface area (TPSA) is 26.3 Å². The molecule has 1 aromatic carbocycles. The van der Waals surface area contributed by atoms with Crippen LogP contribution in [0.4, 0.5) is 0 Å². The minimum Gasteiger partial charge on any atom is -0.490 e. The maximum absolute atomic E-state index is 12.3. The van der Waals surface area contributed by atoms with Crippen LogP contribution in [-0.2, 0) is 0 Å². The Hall–Kier alpha value is -1.61. The third kappa shape index (κ3) is 2.31. The Bertz CT molecular complexity index is 582. The van der Waals surface area contributed by atoms with E-state index in [0.717, 1.165) is 29.0 Å².